The fourth-order valence-electron chi connectivity index (χ4n) is 4.04. The molecule has 1 saturated heterocycles. The average molecular weight is 322 g/mol. The smallest absolute Gasteiger partial charge is 0.279 e. The molecule has 1 aliphatic heterocycles. The summed E-state index contributed by atoms with van der Waals surface area (Å²) in [6, 6.07) is 0. The van der Waals surface area contributed by atoms with Crippen LogP contribution in [-0.4, -0.2) is 58.8 Å². The molecule has 2 aliphatic rings. The van der Waals surface area contributed by atoms with Crippen LogP contribution >= 0.6 is 0 Å². The summed E-state index contributed by atoms with van der Waals surface area (Å²) in [6.07, 6.45) is -0.588. The maximum atomic E-state index is 11.9. The normalized spacial score (nSPS) is 38.0. The summed E-state index contributed by atoms with van der Waals surface area (Å²) >= 11 is 0. The molecule has 0 amide bonds. The lowest BCUT2D eigenvalue weighted by Crippen LogP contribution is -2.36. The quantitative estimate of drug-likeness (QED) is 0.547. The molecule has 0 aromatic carbocycles. The molecule has 0 unspecified atom stereocenters. The fourth-order valence-corrected chi connectivity index (χ4v) is 4.04. The fraction of sp³-hybridized carbons (Fsp3) is 0.643. The summed E-state index contributed by atoms with van der Waals surface area (Å²) in [5, 5.41) is 31.3. The van der Waals surface area contributed by atoms with Crippen LogP contribution in [0.1, 0.15) is 25.9 Å². The van der Waals surface area contributed by atoms with Gasteiger partial charge in [0.1, 0.15) is 23.1 Å². The maximum absolute atomic E-state index is 11.9. The number of fused-ring (bicyclic) bond motifs is 2. The predicted octanol–water partition coefficient (Wildman–Crippen LogP) is -1.18. The molecular formula is C14H18N4O5. The van der Waals surface area contributed by atoms with Crippen molar-refractivity contribution in [1.29, 1.82) is 0 Å². The molecule has 9 heteroatoms. The predicted molar refractivity (Wildman–Crippen MR) is 77.6 cm³/mol. The molecular weight excluding hydrogens is 304 g/mol. The third-order valence-electron chi connectivity index (χ3n) is 5.51. The summed E-state index contributed by atoms with van der Waals surface area (Å²) in [5.74, 6) is 0.401. The molecule has 124 valence electrons. The number of imidazole rings is 1. The Morgan fingerprint density at radius 1 is 1.39 bits per heavy atom. The molecule has 4 N–H and O–H groups in total. The van der Waals surface area contributed by atoms with Crippen molar-refractivity contribution in [3.8, 4) is 0 Å². The van der Waals surface area contributed by atoms with E-state index in [2.05, 4.69) is 15.0 Å². The van der Waals surface area contributed by atoms with Crippen molar-refractivity contribution in [3.05, 3.63) is 22.5 Å². The van der Waals surface area contributed by atoms with Gasteiger partial charge in [0.25, 0.3) is 5.56 Å². The van der Waals surface area contributed by atoms with Crippen LogP contribution in [0.15, 0.2) is 11.1 Å². The van der Waals surface area contributed by atoms with Crippen LogP contribution < -0.4 is 5.56 Å². The van der Waals surface area contributed by atoms with Gasteiger partial charge in [-0.2, -0.15) is 0 Å². The third-order valence-corrected chi connectivity index (χ3v) is 5.51. The third kappa shape index (κ3) is 1.36. The number of aliphatic hydroxyl groups excluding tert-OH is 1. The number of aromatic nitrogens is 4. The van der Waals surface area contributed by atoms with Gasteiger partial charge in [-0.3, -0.25) is 9.36 Å². The lowest BCUT2D eigenvalue weighted by atomic mass is 10.0. The van der Waals surface area contributed by atoms with Gasteiger partial charge >= 0.3 is 0 Å². The van der Waals surface area contributed by atoms with Gasteiger partial charge in [-0.25, -0.2) is 9.97 Å². The summed E-state index contributed by atoms with van der Waals surface area (Å²) in [5.41, 5.74) is -4.08. The number of hydrogen-bond acceptors (Lipinski definition) is 7. The van der Waals surface area contributed by atoms with Crippen molar-refractivity contribution < 1.29 is 20.1 Å². The van der Waals surface area contributed by atoms with E-state index in [0.717, 1.165) is 0 Å². The first-order chi connectivity index (χ1) is 10.7. The number of hydrogen-bond donors (Lipinski definition) is 4. The molecule has 9 nitrogen and oxygen atoms in total. The lowest BCUT2D eigenvalue weighted by Gasteiger charge is -2.26. The number of nitrogens with zero attached hydrogens (tertiary/aromatic N) is 3. The Hall–Kier alpha value is -1.81. The molecule has 0 spiro atoms. The lowest BCUT2D eigenvalue weighted by molar-refractivity contribution is -0.123. The summed E-state index contributed by atoms with van der Waals surface area (Å²) < 4.78 is 7.10. The van der Waals surface area contributed by atoms with Crippen molar-refractivity contribution in [2.45, 2.75) is 44.3 Å². The average Bonchev–Trinajstić information content (AvgIpc) is 2.84. The molecule has 0 radical (unpaired) electrons. The van der Waals surface area contributed by atoms with Crippen molar-refractivity contribution in [3.63, 3.8) is 0 Å². The van der Waals surface area contributed by atoms with Crippen molar-refractivity contribution in [2.75, 3.05) is 6.61 Å². The molecule has 2 aromatic rings. The van der Waals surface area contributed by atoms with Crippen LogP contribution in [0.2, 0.25) is 0 Å². The number of aliphatic hydroxyl groups is 3. The van der Waals surface area contributed by atoms with E-state index in [9.17, 15) is 20.1 Å². The van der Waals surface area contributed by atoms with Crippen LogP contribution in [0, 0.1) is 12.3 Å². The van der Waals surface area contributed by atoms with Gasteiger partial charge in [-0.15, -0.1) is 0 Å². The highest BCUT2D eigenvalue weighted by Crippen LogP contribution is 2.75. The monoisotopic (exact) mass is 322 g/mol. The molecule has 3 heterocycles. The number of rotatable bonds is 2. The maximum Gasteiger partial charge on any atom is 0.279 e. The highest BCUT2D eigenvalue weighted by molar-refractivity contribution is 5.69. The van der Waals surface area contributed by atoms with E-state index >= 15 is 0 Å². The van der Waals surface area contributed by atoms with E-state index in [1.54, 1.807) is 20.8 Å². The molecule has 2 aromatic heterocycles. The van der Waals surface area contributed by atoms with Gasteiger partial charge in [0.05, 0.1) is 12.9 Å². The van der Waals surface area contributed by atoms with Gasteiger partial charge in [-0.1, -0.05) is 13.8 Å². The van der Waals surface area contributed by atoms with Gasteiger partial charge < -0.3 is 25.0 Å². The first-order valence-corrected chi connectivity index (χ1v) is 7.34. The minimum atomic E-state index is -1.61. The number of nitrogens with one attached hydrogen (secondary N) is 1. The minimum Gasteiger partial charge on any atom is -0.394 e. The zero-order valence-corrected chi connectivity index (χ0v) is 12.9. The van der Waals surface area contributed by atoms with Crippen LogP contribution in [0.3, 0.4) is 0 Å². The van der Waals surface area contributed by atoms with Gasteiger partial charge in [0.2, 0.25) is 0 Å². The van der Waals surface area contributed by atoms with E-state index in [4.69, 9.17) is 4.74 Å². The van der Waals surface area contributed by atoms with Crippen LogP contribution in [-0.2, 0) is 4.74 Å². The molecule has 1 aliphatic carbocycles. The van der Waals surface area contributed by atoms with Gasteiger partial charge in [0, 0.05) is 5.41 Å². The topological polar surface area (TPSA) is 133 Å². The second kappa shape index (κ2) is 3.99. The molecule has 23 heavy (non-hydrogen) atoms. The molecule has 4 atom stereocenters. The Morgan fingerprint density at radius 3 is 2.70 bits per heavy atom. The van der Waals surface area contributed by atoms with E-state index < -0.39 is 35.6 Å². The SMILES string of the molecule is Cc1nc2c(ncn2[C@@H]2O[C@H](CO)[C@@]3(O)C(C)(C)[C@@]23O)c(=O)[nH]1. The van der Waals surface area contributed by atoms with E-state index in [1.807, 2.05) is 0 Å². The Bertz CT molecular complexity index is 874. The van der Waals surface area contributed by atoms with E-state index in [0.29, 0.717) is 5.82 Å². The number of ether oxygens (including phenoxy) is 1. The zero-order valence-electron chi connectivity index (χ0n) is 12.9. The second-order valence-electron chi connectivity index (χ2n) is 6.79. The number of aromatic amines is 1. The first-order valence-electron chi connectivity index (χ1n) is 7.34. The first kappa shape index (κ1) is 14.8. The Kier molecular flexibility index (Phi) is 2.56. The van der Waals surface area contributed by atoms with Gasteiger partial charge in [-0.05, 0) is 6.92 Å². The number of aryl methyl sites for hydroxylation is 1. The summed E-state index contributed by atoms with van der Waals surface area (Å²) in [6.45, 7) is 4.61. The summed E-state index contributed by atoms with van der Waals surface area (Å²) in [7, 11) is 0. The highest BCUT2D eigenvalue weighted by atomic mass is 16.6. The number of H-pyrrole nitrogens is 1. The largest absolute Gasteiger partial charge is 0.394 e. The van der Waals surface area contributed by atoms with E-state index in [-0.39, 0.29) is 16.7 Å². The van der Waals surface area contributed by atoms with Gasteiger partial charge in [0.15, 0.2) is 17.4 Å². The molecule has 0 bridgehead atoms. The standard InChI is InChI=1S/C14H18N4O5/c1-6-16-9-8(10(20)17-6)15-5-18(9)11-14(22)12(2,3)13(14,21)7(4-19)23-11/h5,7,11,19,21-22H,4H2,1-3H3,(H,16,17,20)/t7-,11-,13-,14+/m1/s1. The zero-order chi connectivity index (χ0) is 16.8. The van der Waals surface area contributed by atoms with Crippen LogP contribution in [0.4, 0.5) is 0 Å². The minimum absolute atomic E-state index is 0.122. The van der Waals surface area contributed by atoms with Crippen LogP contribution in [0.25, 0.3) is 11.2 Å². The Labute approximate surface area is 130 Å². The van der Waals surface area contributed by atoms with Crippen molar-refractivity contribution in [2.24, 2.45) is 5.41 Å². The van der Waals surface area contributed by atoms with Crippen LogP contribution in [0.5, 0.6) is 0 Å². The summed E-state index contributed by atoms with van der Waals surface area (Å²) in [4.78, 5) is 22.8. The molecule has 4 rings (SSSR count). The Balaban J connectivity index is 1.92. The highest BCUT2D eigenvalue weighted by Gasteiger charge is 2.92. The molecule has 2 fully saturated rings. The second-order valence-corrected chi connectivity index (χ2v) is 6.79. The van der Waals surface area contributed by atoms with Crippen molar-refractivity contribution >= 4 is 11.2 Å². The van der Waals surface area contributed by atoms with E-state index in [1.165, 1.54) is 10.9 Å². The molecule has 1 saturated carbocycles. The Morgan fingerprint density at radius 2 is 2.09 bits per heavy atom. The van der Waals surface area contributed by atoms with Crippen molar-refractivity contribution in [1.82, 2.24) is 19.5 Å².